The second-order valence-corrected chi connectivity index (χ2v) is 8.18. The first-order valence-corrected chi connectivity index (χ1v) is 10.2. The Balaban J connectivity index is 1.76. The van der Waals surface area contributed by atoms with Crippen LogP contribution in [0.2, 0.25) is 5.02 Å². The van der Waals surface area contributed by atoms with Crippen molar-refractivity contribution in [2.45, 2.75) is 24.3 Å². The van der Waals surface area contributed by atoms with Gasteiger partial charge >= 0.3 is 0 Å². The van der Waals surface area contributed by atoms with Gasteiger partial charge in [-0.15, -0.1) is 0 Å². The number of amides is 2. The van der Waals surface area contributed by atoms with Crippen LogP contribution >= 0.6 is 11.6 Å². The first-order valence-electron chi connectivity index (χ1n) is 8.25. The summed E-state index contributed by atoms with van der Waals surface area (Å²) in [6, 6.07) is 10.7. The number of primary sulfonamides is 1. The number of halogens is 1. The largest absolute Gasteiger partial charge is 0.348 e. The van der Waals surface area contributed by atoms with Crippen molar-refractivity contribution >= 4 is 39.1 Å². The fraction of sp³-hybridized carbons (Fsp3) is 0.222. The van der Waals surface area contributed by atoms with Gasteiger partial charge in [-0.1, -0.05) is 23.7 Å². The van der Waals surface area contributed by atoms with Crippen LogP contribution in [0, 0.1) is 0 Å². The Bertz CT molecular complexity index is 990. The van der Waals surface area contributed by atoms with Crippen LogP contribution in [0.1, 0.15) is 28.8 Å². The van der Waals surface area contributed by atoms with Crippen LogP contribution in [0.25, 0.3) is 0 Å². The summed E-state index contributed by atoms with van der Waals surface area (Å²) in [6.45, 7) is 0.744. The number of carbonyl (C=O) groups excluding carboxylic acids is 2. The highest BCUT2D eigenvalue weighted by Gasteiger charge is 2.26. The number of benzene rings is 2. The van der Waals surface area contributed by atoms with E-state index >= 15 is 0 Å². The van der Waals surface area contributed by atoms with Crippen molar-refractivity contribution in [3.05, 3.63) is 58.6 Å². The smallest absolute Gasteiger partial charge is 0.253 e. The molecule has 1 saturated heterocycles. The van der Waals surface area contributed by atoms with E-state index in [2.05, 4.69) is 5.32 Å². The molecule has 3 N–H and O–H groups in total. The number of nitrogens with two attached hydrogens (primary N) is 1. The topological polar surface area (TPSA) is 110 Å². The zero-order chi connectivity index (χ0) is 19.6. The number of rotatable bonds is 5. The maximum atomic E-state index is 12.6. The van der Waals surface area contributed by atoms with Crippen molar-refractivity contribution in [3.8, 4) is 0 Å². The third kappa shape index (κ3) is 4.47. The van der Waals surface area contributed by atoms with Gasteiger partial charge in [-0.2, -0.15) is 0 Å². The molecular weight excluding hydrogens is 390 g/mol. The SMILES string of the molecule is NS(=O)(=O)c1ccc(CNC(=O)c2ccc(Cl)cc2N2CCCC2=O)cc1. The lowest BCUT2D eigenvalue weighted by Crippen LogP contribution is -2.29. The Hall–Kier alpha value is -2.42. The molecule has 3 rings (SSSR count). The molecule has 2 aromatic rings. The predicted molar refractivity (Wildman–Crippen MR) is 102 cm³/mol. The van der Waals surface area contributed by atoms with Gasteiger partial charge in [0.05, 0.1) is 16.1 Å². The molecule has 9 heteroatoms. The van der Waals surface area contributed by atoms with Crippen molar-refractivity contribution in [2.24, 2.45) is 5.14 Å². The molecule has 1 aliphatic rings. The minimum Gasteiger partial charge on any atom is -0.348 e. The molecule has 0 radical (unpaired) electrons. The number of hydrogen-bond donors (Lipinski definition) is 2. The van der Waals surface area contributed by atoms with E-state index in [0.29, 0.717) is 34.8 Å². The molecule has 2 aromatic carbocycles. The van der Waals surface area contributed by atoms with Crippen LogP contribution in [-0.4, -0.2) is 26.8 Å². The predicted octanol–water partition coefficient (Wildman–Crippen LogP) is 2.04. The third-order valence-corrected chi connectivity index (χ3v) is 5.44. The Morgan fingerprint density at radius 2 is 1.89 bits per heavy atom. The molecule has 1 fully saturated rings. The number of sulfonamides is 1. The van der Waals surface area contributed by atoms with E-state index in [-0.39, 0.29) is 23.3 Å². The van der Waals surface area contributed by atoms with Gasteiger partial charge in [0, 0.05) is 24.5 Å². The van der Waals surface area contributed by atoms with E-state index in [4.69, 9.17) is 16.7 Å². The van der Waals surface area contributed by atoms with Gasteiger partial charge in [-0.05, 0) is 42.3 Å². The van der Waals surface area contributed by atoms with Crippen LogP contribution in [0.4, 0.5) is 5.69 Å². The molecule has 7 nitrogen and oxygen atoms in total. The van der Waals surface area contributed by atoms with Gasteiger partial charge in [0.15, 0.2) is 0 Å². The van der Waals surface area contributed by atoms with Crippen molar-refractivity contribution in [1.29, 1.82) is 0 Å². The van der Waals surface area contributed by atoms with Gasteiger partial charge in [-0.3, -0.25) is 9.59 Å². The van der Waals surface area contributed by atoms with Crippen molar-refractivity contribution in [3.63, 3.8) is 0 Å². The molecule has 142 valence electrons. The summed E-state index contributed by atoms with van der Waals surface area (Å²) in [4.78, 5) is 26.3. The van der Waals surface area contributed by atoms with Crippen LogP contribution < -0.4 is 15.4 Å². The minimum atomic E-state index is -3.76. The summed E-state index contributed by atoms with van der Waals surface area (Å²) in [5.74, 6) is -0.387. The maximum absolute atomic E-state index is 12.6. The molecule has 0 aromatic heterocycles. The maximum Gasteiger partial charge on any atom is 0.253 e. The average molecular weight is 408 g/mol. The summed E-state index contributed by atoms with van der Waals surface area (Å²) in [5, 5.41) is 8.28. The molecule has 0 unspecified atom stereocenters. The van der Waals surface area contributed by atoms with Crippen LogP contribution in [0.5, 0.6) is 0 Å². The zero-order valence-electron chi connectivity index (χ0n) is 14.3. The van der Waals surface area contributed by atoms with Gasteiger partial charge in [0.2, 0.25) is 15.9 Å². The fourth-order valence-corrected chi connectivity index (χ4v) is 3.58. The summed E-state index contributed by atoms with van der Waals surface area (Å²) >= 11 is 6.04. The Morgan fingerprint density at radius 1 is 1.19 bits per heavy atom. The van der Waals surface area contributed by atoms with Crippen molar-refractivity contribution in [1.82, 2.24) is 5.32 Å². The molecule has 0 saturated carbocycles. The molecule has 1 aliphatic heterocycles. The molecule has 2 amide bonds. The molecule has 0 atom stereocenters. The number of nitrogens with one attached hydrogen (secondary N) is 1. The third-order valence-electron chi connectivity index (χ3n) is 4.27. The number of hydrogen-bond acceptors (Lipinski definition) is 4. The lowest BCUT2D eigenvalue weighted by atomic mass is 10.1. The molecule has 0 spiro atoms. The monoisotopic (exact) mass is 407 g/mol. The first-order chi connectivity index (χ1) is 12.8. The number of nitrogens with zero attached hydrogens (tertiary/aromatic N) is 1. The van der Waals surface area contributed by atoms with Gasteiger partial charge < -0.3 is 10.2 Å². The molecule has 0 bridgehead atoms. The van der Waals surface area contributed by atoms with Crippen LogP contribution in [0.3, 0.4) is 0 Å². The van der Waals surface area contributed by atoms with Crippen molar-refractivity contribution in [2.75, 3.05) is 11.4 Å². The van der Waals surface area contributed by atoms with Crippen LogP contribution in [0.15, 0.2) is 47.4 Å². The standard InChI is InChI=1S/C18H18ClN3O4S/c19-13-5-8-15(16(10-13)22-9-1-2-17(22)23)18(24)21-11-12-3-6-14(7-4-12)27(20,25)26/h3-8,10H,1-2,9,11H2,(H,21,24)(H2,20,25,26). The van der Waals surface area contributed by atoms with Gasteiger partial charge in [0.1, 0.15) is 0 Å². The second-order valence-electron chi connectivity index (χ2n) is 6.18. The van der Waals surface area contributed by atoms with E-state index in [0.717, 1.165) is 6.42 Å². The van der Waals surface area contributed by atoms with Crippen LogP contribution in [-0.2, 0) is 21.4 Å². The zero-order valence-corrected chi connectivity index (χ0v) is 15.9. The Morgan fingerprint density at radius 3 is 2.48 bits per heavy atom. The first kappa shape index (κ1) is 19.3. The molecule has 0 aliphatic carbocycles. The second kappa shape index (κ2) is 7.67. The lowest BCUT2D eigenvalue weighted by Gasteiger charge is -2.19. The highest BCUT2D eigenvalue weighted by molar-refractivity contribution is 7.89. The molecular formula is C18H18ClN3O4S. The van der Waals surface area contributed by atoms with E-state index in [9.17, 15) is 18.0 Å². The number of carbonyl (C=O) groups is 2. The fourth-order valence-electron chi connectivity index (χ4n) is 2.90. The quantitative estimate of drug-likeness (QED) is 0.790. The van der Waals surface area contributed by atoms with E-state index < -0.39 is 10.0 Å². The highest BCUT2D eigenvalue weighted by Crippen LogP contribution is 2.28. The molecule has 27 heavy (non-hydrogen) atoms. The van der Waals surface area contributed by atoms with Crippen molar-refractivity contribution < 1.29 is 18.0 Å². The average Bonchev–Trinajstić information content (AvgIpc) is 3.05. The lowest BCUT2D eigenvalue weighted by molar-refractivity contribution is -0.117. The Labute approximate surface area is 162 Å². The van der Waals surface area contributed by atoms with E-state index in [1.807, 2.05) is 0 Å². The normalized spacial score (nSPS) is 14.4. The minimum absolute atomic E-state index is 0.00473. The summed E-state index contributed by atoms with van der Waals surface area (Å²) in [6.07, 6.45) is 1.19. The van der Waals surface area contributed by atoms with E-state index in [1.54, 1.807) is 35.2 Å². The van der Waals surface area contributed by atoms with Gasteiger partial charge in [-0.25, -0.2) is 13.6 Å². The highest BCUT2D eigenvalue weighted by atomic mass is 35.5. The summed E-state index contributed by atoms with van der Waals surface area (Å²) < 4.78 is 22.6. The van der Waals surface area contributed by atoms with E-state index in [1.165, 1.54) is 12.1 Å². The molecule has 1 heterocycles. The Kier molecular flexibility index (Phi) is 5.50. The number of anilines is 1. The summed E-state index contributed by atoms with van der Waals surface area (Å²) in [5.41, 5.74) is 1.56. The van der Waals surface area contributed by atoms with Gasteiger partial charge in [0.25, 0.3) is 5.91 Å². The summed E-state index contributed by atoms with van der Waals surface area (Å²) in [7, 11) is -3.76.